The standard InChI is InChI=1S/C14H13ClN6O/c15-13-12(20-5-2-1-3-11(20)18-13)14(22)19-6-4-10(7-19)21-9-16-8-17-21/h1-3,5,8-10H,4,6-7H2. The largest absolute Gasteiger partial charge is 0.335 e. The second kappa shape index (κ2) is 5.10. The Balaban J connectivity index is 1.63. The van der Waals surface area contributed by atoms with Crippen molar-refractivity contribution >= 4 is 23.2 Å². The Bertz CT molecular complexity index is 827. The number of hydrogen-bond donors (Lipinski definition) is 0. The second-order valence-electron chi connectivity index (χ2n) is 5.25. The minimum atomic E-state index is -0.105. The Morgan fingerprint density at radius 2 is 2.27 bits per heavy atom. The maximum absolute atomic E-state index is 12.8. The van der Waals surface area contributed by atoms with Gasteiger partial charge in [-0.05, 0) is 18.6 Å². The molecule has 1 aliphatic rings. The summed E-state index contributed by atoms with van der Waals surface area (Å²) >= 11 is 6.17. The molecule has 7 nitrogen and oxygen atoms in total. The van der Waals surface area contributed by atoms with E-state index in [2.05, 4.69) is 15.1 Å². The Labute approximate surface area is 131 Å². The molecule has 0 aliphatic carbocycles. The molecule has 0 radical (unpaired) electrons. The highest BCUT2D eigenvalue weighted by molar-refractivity contribution is 6.32. The van der Waals surface area contributed by atoms with Gasteiger partial charge in [-0.3, -0.25) is 9.20 Å². The van der Waals surface area contributed by atoms with E-state index in [4.69, 9.17) is 11.6 Å². The molecule has 0 N–H and O–H groups in total. The first kappa shape index (κ1) is 13.3. The van der Waals surface area contributed by atoms with Gasteiger partial charge in [0.05, 0.1) is 6.04 Å². The first-order valence-electron chi connectivity index (χ1n) is 7.00. The van der Waals surface area contributed by atoms with Crippen LogP contribution in [0.5, 0.6) is 0 Å². The molecule has 112 valence electrons. The van der Waals surface area contributed by atoms with Crippen LogP contribution in [0, 0.1) is 0 Å². The van der Waals surface area contributed by atoms with E-state index in [-0.39, 0.29) is 17.1 Å². The summed E-state index contributed by atoms with van der Waals surface area (Å²) in [4.78, 5) is 22.8. The fourth-order valence-corrected chi connectivity index (χ4v) is 3.11. The maximum atomic E-state index is 12.8. The van der Waals surface area contributed by atoms with Gasteiger partial charge in [0.1, 0.15) is 18.3 Å². The zero-order valence-electron chi connectivity index (χ0n) is 11.6. The molecule has 3 aromatic heterocycles. The number of imidazole rings is 1. The lowest BCUT2D eigenvalue weighted by Crippen LogP contribution is -2.30. The van der Waals surface area contributed by atoms with Crippen LogP contribution in [0.1, 0.15) is 23.0 Å². The molecule has 1 amide bonds. The number of pyridine rings is 1. The lowest BCUT2D eigenvalue weighted by Gasteiger charge is -2.16. The van der Waals surface area contributed by atoms with Crippen LogP contribution in [0.3, 0.4) is 0 Å². The van der Waals surface area contributed by atoms with E-state index >= 15 is 0 Å². The zero-order valence-corrected chi connectivity index (χ0v) is 12.4. The van der Waals surface area contributed by atoms with Crippen molar-refractivity contribution in [2.24, 2.45) is 0 Å². The summed E-state index contributed by atoms with van der Waals surface area (Å²) < 4.78 is 3.52. The van der Waals surface area contributed by atoms with Crippen LogP contribution in [0.4, 0.5) is 0 Å². The van der Waals surface area contributed by atoms with Crippen molar-refractivity contribution < 1.29 is 4.79 Å². The van der Waals surface area contributed by atoms with Crippen molar-refractivity contribution in [2.45, 2.75) is 12.5 Å². The number of carbonyl (C=O) groups excluding carboxylic acids is 1. The number of rotatable bonds is 2. The number of carbonyl (C=O) groups is 1. The van der Waals surface area contributed by atoms with Gasteiger partial charge in [-0.15, -0.1) is 0 Å². The first-order valence-corrected chi connectivity index (χ1v) is 7.38. The molecule has 1 unspecified atom stereocenters. The molecule has 1 atom stereocenters. The van der Waals surface area contributed by atoms with E-state index in [0.29, 0.717) is 24.4 Å². The van der Waals surface area contributed by atoms with Crippen LogP contribution in [0.2, 0.25) is 5.15 Å². The molecule has 0 saturated carbocycles. The quantitative estimate of drug-likeness (QED) is 0.721. The number of hydrogen-bond acceptors (Lipinski definition) is 4. The van der Waals surface area contributed by atoms with Crippen molar-refractivity contribution in [1.82, 2.24) is 29.0 Å². The van der Waals surface area contributed by atoms with Crippen molar-refractivity contribution in [2.75, 3.05) is 13.1 Å². The third kappa shape index (κ3) is 2.05. The summed E-state index contributed by atoms with van der Waals surface area (Å²) in [6, 6.07) is 5.70. The topological polar surface area (TPSA) is 68.3 Å². The fourth-order valence-electron chi connectivity index (χ4n) is 2.86. The summed E-state index contributed by atoms with van der Waals surface area (Å²) in [5.74, 6) is -0.105. The first-order chi connectivity index (χ1) is 10.7. The van der Waals surface area contributed by atoms with Gasteiger partial charge in [-0.1, -0.05) is 17.7 Å². The lowest BCUT2D eigenvalue weighted by atomic mass is 10.3. The van der Waals surface area contributed by atoms with Gasteiger partial charge in [0.2, 0.25) is 0 Å². The smallest absolute Gasteiger partial charge is 0.274 e. The third-order valence-corrected chi connectivity index (χ3v) is 4.21. The average molecular weight is 317 g/mol. The number of likely N-dealkylation sites (tertiary alicyclic amines) is 1. The molecule has 3 aromatic rings. The average Bonchev–Trinajstić information content (AvgIpc) is 3.25. The molecular formula is C14H13ClN6O. The van der Waals surface area contributed by atoms with Crippen LogP contribution >= 0.6 is 11.6 Å². The molecule has 1 saturated heterocycles. The molecule has 1 aliphatic heterocycles. The highest BCUT2D eigenvalue weighted by Crippen LogP contribution is 2.25. The number of fused-ring (bicyclic) bond motifs is 1. The van der Waals surface area contributed by atoms with E-state index in [1.807, 2.05) is 18.2 Å². The Morgan fingerprint density at radius 1 is 1.36 bits per heavy atom. The minimum Gasteiger partial charge on any atom is -0.335 e. The van der Waals surface area contributed by atoms with Crippen molar-refractivity contribution in [1.29, 1.82) is 0 Å². The lowest BCUT2D eigenvalue weighted by molar-refractivity contribution is 0.0780. The highest BCUT2D eigenvalue weighted by Gasteiger charge is 2.31. The molecule has 0 bridgehead atoms. The van der Waals surface area contributed by atoms with Crippen molar-refractivity contribution in [3.63, 3.8) is 0 Å². The van der Waals surface area contributed by atoms with E-state index in [9.17, 15) is 4.79 Å². The molecule has 8 heteroatoms. The van der Waals surface area contributed by atoms with Gasteiger partial charge in [0.25, 0.3) is 5.91 Å². The SMILES string of the molecule is O=C(c1c(Cl)nc2ccccn12)N1CCC(n2cncn2)C1. The van der Waals surface area contributed by atoms with E-state index in [1.54, 1.807) is 26.5 Å². The third-order valence-electron chi connectivity index (χ3n) is 3.95. The predicted octanol–water partition coefficient (Wildman–Crippen LogP) is 1.67. The zero-order chi connectivity index (χ0) is 15.1. The number of halogens is 1. The summed E-state index contributed by atoms with van der Waals surface area (Å²) in [5.41, 5.74) is 1.08. The Kier molecular flexibility index (Phi) is 3.07. The van der Waals surface area contributed by atoms with Gasteiger partial charge in [0, 0.05) is 19.3 Å². The van der Waals surface area contributed by atoms with Gasteiger partial charge in [0.15, 0.2) is 10.8 Å². The van der Waals surface area contributed by atoms with Crippen LogP contribution in [-0.2, 0) is 0 Å². The maximum Gasteiger partial charge on any atom is 0.274 e. The molecular weight excluding hydrogens is 304 g/mol. The molecule has 0 spiro atoms. The predicted molar refractivity (Wildman–Crippen MR) is 79.8 cm³/mol. The molecule has 4 rings (SSSR count). The molecule has 22 heavy (non-hydrogen) atoms. The molecule has 4 heterocycles. The molecule has 1 fully saturated rings. The van der Waals surface area contributed by atoms with Crippen molar-refractivity contribution in [3.8, 4) is 0 Å². The number of amides is 1. The molecule has 0 aromatic carbocycles. The summed E-state index contributed by atoms with van der Waals surface area (Å²) in [6.07, 6.45) is 5.83. The van der Waals surface area contributed by atoms with Gasteiger partial charge in [-0.25, -0.2) is 14.6 Å². The highest BCUT2D eigenvalue weighted by atomic mass is 35.5. The number of nitrogens with zero attached hydrogens (tertiary/aromatic N) is 6. The van der Waals surface area contributed by atoms with Crippen LogP contribution in [0.25, 0.3) is 5.65 Å². The van der Waals surface area contributed by atoms with Crippen LogP contribution in [-0.4, -0.2) is 48.0 Å². The van der Waals surface area contributed by atoms with Crippen LogP contribution < -0.4 is 0 Å². The van der Waals surface area contributed by atoms with Gasteiger partial charge < -0.3 is 4.90 Å². The second-order valence-corrected chi connectivity index (χ2v) is 5.61. The van der Waals surface area contributed by atoms with E-state index in [1.165, 1.54) is 6.33 Å². The summed E-state index contributed by atoms with van der Waals surface area (Å²) in [5, 5.41) is 4.38. The minimum absolute atomic E-state index is 0.105. The van der Waals surface area contributed by atoms with Gasteiger partial charge in [-0.2, -0.15) is 5.10 Å². The fraction of sp³-hybridized carbons (Fsp3) is 0.286. The summed E-state index contributed by atoms with van der Waals surface area (Å²) in [7, 11) is 0. The number of aromatic nitrogens is 5. The van der Waals surface area contributed by atoms with E-state index in [0.717, 1.165) is 6.42 Å². The van der Waals surface area contributed by atoms with Gasteiger partial charge >= 0.3 is 0 Å². The summed E-state index contributed by atoms with van der Waals surface area (Å²) in [6.45, 7) is 1.26. The normalized spacial score (nSPS) is 18.2. The van der Waals surface area contributed by atoms with Crippen molar-refractivity contribution in [3.05, 3.63) is 47.9 Å². The Morgan fingerprint density at radius 3 is 3.09 bits per heavy atom. The monoisotopic (exact) mass is 316 g/mol. The Hall–Kier alpha value is -2.41. The van der Waals surface area contributed by atoms with Crippen LogP contribution in [0.15, 0.2) is 37.1 Å². The van der Waals surface area contributed by atoms with E-state index < -0.39 is 0 Å².